The summed E-state index contributed by atoms with van der Waals surface area (Å²) in [6, 6.07) is 9.27. The van der Waals surface area contributed by atoms with Crippen LogP contribution < -0.4 is 15.5 Å². The number of ether oxygens (including phenoxy) is 2. The molecule has 2 heterocycles. The van der Waals surface area contributed by atoms with Crippen LogP contribution in [0, 0.1) is 0 Å². The zero-order valence-corrected chi connectivity index (χ0v) is 18.4. The number of rotatable bonds is 6. The van der Waals surface area contributed by atoms with Crippen molar-refractivity contribution in [2.45, 2.75) is 51.9 Å². The number of alkyl halides is 2. The third kappa shape index (κ3) is 3.78. The highest BCUT2D eigenvalue weighted by molar-refractivity contribution is 5.98. The summed E-state index contributed by atoms with van der Waals surface area (Å²) in [5.74, 6) is -0.777. The minimum atomic E-state index is -3.07. The Kier molecular flexibility index (Phi) is 5.40. The van der Waals surface area contributed by atoms with Crippen molar-refractivity contribution >= 4 is 16.9 Å². The first-order valence-corrected chi connectivity index (χ1v) is 11.1. The molecule has 33 heavy (non-hydrogen) atoms. The van der Waals surface area contributed by atoms with Crippen LogP contribution in [0.4, 0.5) is 8.78 Å². The fourth-order valence-corrected chi connectivity index (χ4v) is 4.57. The molecular weight excluding hydrogens is 430 g/mol. The molecular formula is C25H24F2N2O4. The second-order valence-electron chi connectivity index (χ2n) is 8.46. The smallest absolute Gasteiger partial charge is 0.387 e. The zero-order valence-electron chi connectivity index (χ0n) is 18.4. The predicted octanol–water partition coefficient (Wildman–Crippen LogP) is 4.95. The Bertz CT molecular complexity index is 1310. The van der Waals surface area contributed by atoms with Gasteiger partial charge in [0.05, 0.1) is 17.5 Å². The van der Waals surface area contributed by atoms with E-state index in [4.69, 9.17) is 9.47 Å². The number of benzene rings is 2. The van der Waals surface area contributed by atoms with E-state index in [0.717, 1.165) is 24.0 Å². The van der Waals surface area contributed by atoms with Crippen molar-refractivity contribution in [1.29, 1.82) is 0 Å². The first-order valence-electron chi connectivity index (χ1n) is 11.1. The van der Waals surface area contributed by atoms with Gasteiger partial charge in [-0.2, -0.15) is 8.78 Å². The van der Waals surface area contributed by atoms with E-state index >= 15 is 0 Å². The molecule has 0 saturated heterocycles. The highest BCUT2D eigenvalue weighted by atomic mass is 19.3. The van der Waals surface area contributed by atoms with Gasteiger partial charge in [0.1, 0.15) is 5.56 Å². The van der Waals surface area contributed by atoms with Gasteiger partial charge in [-0.05, 0) is 61.6 Å². The molecule has 1 N–H and O–H groups in total. The zero-order chi connectivity index (χ0) is 23.3. The van der Waals surface area contributed by atoms with Crippen LogP contribution in [0.1, 0.15) is 60.3 Å². The van der Waals surface area contributed by atoms with Crippen molar-refractivity contribution in [2.75, 3.05) is 6.61 Å². The number of fused-ring (bicyclic) bond motifs is 2. The quantitative estimate of drug-likeness (QED) is 0.534. The normalized spacial score (nSPS) is 17.4. The van der Waals surface area contributed by atoms with E-state index in [2.05, 4.69) is 12.2 Å². The molecule has 0 amide bonds. The Morgan fingerprint density at radius 2 is 2.03 bits per heavy atom. The monoisotopic (exact) mass is 454 g/mol. The average Bonchev–Trinajstić information content (AvgIpc) is 3.57. The Morgan fingerprint density at radius 3 is 2.73 bits per heavy atom. The van der Waals surface area contributed by atoms with Crippen LogP contribution in [0.25, 0.3) is 22.0 Å². The van der Waals surface area contributed by atoms with Crippen molar-refractivity contribution in [3.63, 3.8) is 0 Å². The van der Waals surface area contributed by atoms with Gasteiger partial charge in [0.2, 0.25) is 5.43 Å². The third-order valence-corrected chi connectivity index (χ3v) is 6.31. The van der Waals surface area contributed by atoms with E-state index in [-0.39, 0.29) is 40.9 Å². The number of aromatic nitrogens is 1. The average molecular weight is 454 g/mol. The molecule has 1 atom stereocenters. The SMILES string of the molecule is CCOC(=O)c1cn(C2CC2)c2c(OC(F)F)c(-c3ccc4c(c3)CN[C@H]4C)ccc2c1=O. The summed E-state index contributed by atoms with van der Waals surface area (Å²) < 4.78 is 39.0. The number of hydrogen-bond acceptors (Lipinski definition) is 5. The van der Waals surface area contributed by atoms with Crippen LogP contribution in [-0.4, -0.2) is 23.8 Å². The number of nitrogens with one attached hydrogen (secondary N) is 1. The molecule has 1 aliphatic carbocycles. The van der Waals surface area contributed by atoms with Crippen LogP contribution in [0.3, 0.4) is 0 Å². The molecule has 3 aromatic rings. The van der Waals surface area contributed by atoms with Crippen molar-refractivity contribution in [3.8, 4) is 16.9 Å². The minimum Gasteiger partial charge on any atom is -0.462 e. The molecule has 0 radical (unpaired) electrons. The second-order valence-corrected chi connectivity index (χ2v) is 8.46. The molecule has 8 heteroatoms. The molecule has 172 valence electrons. The van der Waals surface area contributed by atoms with Crippen molar-refractivity contribution < 1.29 is 23.0 Å². The summed E-state index contributed by atoms with van der Waals surface area (Å²) >= 11 is 0. The molecule has 2 aliphatic rings. The Balaban J connectivity index is 1.77. The molecule has 6 nitrogen and oxygen atoms in total. The summed E-state index contributed by atoms with van der Waals surface area (Å²) in [6.45, 7) is 1.48. The number of pyridine rings is 1. The van der Waals surface area contributed by atoms with E-state index in [1.54, 1.807) is 23.6 Å². The lowest BCUT2D eigenvalue weighted by atomic mass is 9.96. The van der Waals surface area contributed by atoms with Gasteiger partial charge < -0.3 is 19.4 Å². The molecule has 1 aromatic heterocycles. The van der Waals surface area contributed by atoms with Crippen LogP contribution >= 0.6 is 0 Å². The fourth-order valence-electron chi connectivity index (χ4n) is 4.57. The topological polar surface area (TPSA) is 69.6 Å². The van der Waals surface area contributed by atoms with Crippen LogP contribution in [-0.2, 0) is 11.3 Å². The standard InChI is InChI=1S/C25H24F2N2O4/c1-3-32-24(31)20-12-29(16-5-6-16)21-19(22(20)30)9-8-18(23(21)33-25(26)27)14-4-7-17-13(2)28-11-15(17)10-14/h4,7-10,12-13,16,25,28H,3,5-6,11H2,1-2H3/t13-/m0/s1. The van der Waals surface area contributed by atoms with Crippen LogP contribution in [0.2, 0.25) is 0 Å². The summed E-state index contributed by atoms with van der Waals surface area (Å²) in [4.78, 5) is 25.5. The lowest BCUT2D eigenvalue weighted by Gasteiger charge is -2.19. The molecule has 1 fully saturated rings. The number of carbonyl (C=O) groups excluding carboxylic acids is 1. The molecule has 5 rings (SSSR count). The number of carbonyl (C=O) groups is 1. The number of esters is 1. The minimum absolute atomic E-state index is 0.00150. The Hall–Kier alpha value is -3.26. The first kappa shape index (κ1) is 21.6. The highest BCUT2D eigenvalue weighted by Gasteiger charge is 2.30. The van der Waals surface area contributed by atoms with E-state index in [1.165, 1.54) is 11.8 Å². The molecule has 0 spiro atoms. The van der Waals surface area contributed by atoms with E-state index in [9.17, 15) is 18.4 Å². The van der Waals surface area contributed by atoms with Gasteiger partial charge in [-0.1, -0.05) is 12.1 Å². The van der Waals surface area contributed by atoms with Gasteiger partial charge in [0.15, 0.2) is 5.75 Å². The maximum Gasteiger partial charge on any atom is 0.387 e. The summed E-state index contributed by atoms with van der Waals surface area (Å²) in [6.07, 6.45) is 3.07. The molecule has 1 aliphatic heterocycles. The maximum atomic E-state index is 13.6. The number of nitrogens with zero attached hydrogens (tertiary/aromatic N) is 1. The second kappa shape index (κ2) is 8.26. The molecule has 0 unspecified atom stereocenters. The van der Waals surface area contributed by atoms with Crippen molar-refractivity contribution in [3.05, 3.63) is 63.4 Å². The molecule has 1 saturated carbocycles. The number of halogens is 2. The van der Waals surface area contributed by atoms with Crippen molar-refractivity contribution in [2.24, 2.45) is 0 Å². The van der Waals surface area contributed by atoms with Gasteiger partial charge in [-0.15, -0.1) is 0 Å². The summed E-state index contributed by atoms with van der Waals surface area (Å²) in [5.41, 5.74) is 3.09. The number of hydrogen-bond donors (Lipinski definition) is 1. The van der Waals surface area contributed by atoms with E-state index in [1.807, 2.05) is 18.2 Å². The summed E-state index contributed by atoms with van der Waals surface area (Å²) in [7, 11) is 0. The van der Waals surface area contributed by atoms with Crippen molar-refractivity contribution in [1.82, 2.24) is 9.88 Å². The van der Waals surface area contributed by atoms with Gasteiger partial charge in [-0.3, -0.25) is 4.79 Å². The van der Waals surface area contributed by atoms with Gasteiger partial charge >= 0.3 is 12.6 Å². The van der Waals surface area contributed by atoms with Crippen LogP contribution in [0.15, 0.2) is 41.3 Å². The van der Waals surface area contributed by atoms with Gasteiger partial charge in [-0.25, -0.2) is 4.79 Å². The Morgan fingerprint density at radius 1 is 1.24 bits per heavy atom. The van der Waals surface area contributed by atoms with Gasteiger partial charge in [0, 0.05) is 30.4 Å². The lowest BCUT2D eigenvalue weighted by Crippen LogP contribution is -2.21. The maximum absolute atomic E-state index is 13.6. The molecule has 0 bridgehead atoms. The highest BCUT2D eigenvalue weighted by Crippen LogP contribution is 2.43. The van der Waals surface area contributed by atoms with Crippen LogP contribution in [0.5, 0.6) is 5.75 Å². The Labute approximate surface area is 189 Å². The lowest BCUT2D eigenvalue weighted by molar-refractivity contribution is -0.0486. The molecule has 2 aromatic carbocycles. The van der Waals surface area contributed by atoms with E-state index < -0.39 is 18.0 Å². The third-order valence-electron chi connectivity index (χ3n) is 6.31. The van der Waals surface area contributed by atoms with E-state index in [0.29, 0.717) is 12.1 Å². The first-order chi connectivity index (χ1) is 15.9. The predicted molar refractivity (Wildman–Crippen MR) is 120 cm³/mol. The summed E-state index contributed by atoms with van der Waals surface area (Å²) in [5, 5.41) is 3.52. The largest absolute Gasteiger partial charge is 0.462 e. The fraction of sp³-hybridized carbons (Fsp3) is 0.360. The van der Waals surface area contributed by atoms with Gasteiger partial charge in [0.25, 0.3) is 0 Å².